The van der Waals surface area contributed by atoms with E-state index in [-0.39, 0.29) is 20.9 Å². The van der Waals surface area contributed by atoms with Crippen molar-refractivity contribution in [2.75, 3.05) is 20.7 Å². The summed E-state index contributed by atoms with van der Waals surface area (Å²) >= 11 is 0. The highest BCUT2D eigenvalue weighted by atomic mass is 28.2. The second-order valence-electron chi connectivity index (χ2n) is 6.67. The lowest BCUT2D eigenvalue weighted by molar-refractivity contribution is 0.149. The molecule has 0 saturated carbocycles. The molecule has 2 aliphatic heterocycles. The van der Waals surface area contributed by atoms with Crippen molar-refractivity contribution in [3.8, 4) is 11.5 Å². The third kappa shape index (κ3) is 1.43. The molecule has 1 aromatic carbocycles. The molecule has 4 nitrogen and oxygen atoms in total. The van der Waals surface area contributed by atoms with E-state index in [1.54, 1.807) is 7.11 Å². The fourth-order valence-electron chi connectivity index (χ4n) is 4.94. The molecule has 0 amide bonds. The van der Waals surface area contributed by atoms with Crippen LogP contribution in [-0.2, 0) is 16.3 Å². The minimum absolute atomic E-state index is 0.102. The second kappa shape index (κ2) is 4.36. The van der Waals surface area contributed by atoms with Gasteiger partial charge in [-0.3, -0.25) is 4.90 Å². The first kappa shape index (κ1) is 13.6. The molecule has 5 rings (SSSR count). The highest BCUT2D eigenvalue weighted by Gasteiger charge is 2.64. The number of methoxy groups -OCH3 is 1. The van der Waals surface area contributed by atoms with E-state index in [2.05, 4.69) is 36.3 Å². The lowest BCUT2D eigenvalue weighted by atomic mass is 9.64. The van der Waals surface area contributed by atoms with Crippen molar-refractivity contribution in [3.05, 3.63) is 46.7 Å². The Morgan fingerprint density at radius 1 is 1.39 bits per heavy atom. The number of hydrogen-bond donors (Lipinski definition) is 0. The normalized spacial score (nSPS) is 32.6. The third-order valence-corrected chi connectivity index (χ3v) is 6.13. The Hall–Kier alpha value is -1.85. The summed E-state index contributed by atoms with van der Waals surface area (Å²) in [6, 6.07) is 4.69. The Balaban J connectivity index is 1.81. The highest BCUT2D eigenvalue weighted by molar-refractivity contribution is 6.34. The molecule has 1 fully saturated rings. The summed E-state index contributed by atoms with van der Waals surface area (Å²) in [5, 5.41) is 0. The van der Waals surface area contributed by atoms with Gasteiger partial charge in [0.15, 0.2) is 17.6 Å². The average Bonchev–Trinajstić information content (AvgIpc) is 2.99. The minimum atomic E-state index is -0.124. The van der Waals surface area contributed by atoms with E-state index in [0.717, 1.165) is 30.2 Å². The maximum Gasteiger partial charge on any atom is 0.281 e. The molecule has 2 aliphatic carbocycles. The zero-order chi connectivity index (χ0) is 15.8. The fourth-order valence-corrected chi connectivity index (χ4v) is 5.28. The number of likely N-dealkylation sites (N-methyl/N-ethyl adjacent to an activating group) is 1. The number of benzene rings is 1. The van der Waals surface area contributed by atoms with Crippen LogP contribution in [0.15, 0.2) is 35.6 Å². The van der Waals surface area contributed by atoms with Crippen molar-refractivity contribution < 1.29 is 13.9 Å². The summed E-state index contributed by atoms with van der Waals surface area (Å²) in [7, 11) is 4.08. The maximum atomic E-state index is 6.45. The lowest BCUT2D eigenvalue weighted by Crippen LogP contribution is -2.46. The molecule has 23 heavy (non-hydrogen) atoms. The topological polar surface area (TPSA) is 30.9 Å². The first-order chi connectivity index (χ1) is 11.2. The summed E-state index contributed by atoms with van der Waals surface area (Å²) in [5.74, 6) is 2.61. The third-order valence-electron chi connectivity index (χ3n) is 5.75. The van der Waals surface area contributed by atoms with E-state index in [1.807, 2.05) is 6.07 Å². The number of rotatable bonds is 3. The van der Waals surface area contributed by atoms with Gasteiger partial charge in [0, 0.05) is 18.2 Å². The standard InChI is InChI=1S/C18H18NO3Si/c1-19-9-18-11-5-7-14(22-23-3)17(18)21-16-13(20-2)6-4-10(15(16)18)8-12(11)19/h4-7,12,17H,3,8-9H2,1-2H3/t12?,17?,18-/m0/s1. The zero-order valence-corrected chi connectivity index (χ0v) is 14.3. The SMILES string of the molecule is C=[Si]OC1=CC=C2C3Cc4ccc(OC)c5c4[C@@]2(CN3C)C1O5. The Bertz CT molecular complexity index is 800. The van der Waals surface area contributed by atoms with E-state index >= 15 is 0 Å². The van der Waals surface area contributed by atoms with Crippen LogP contribution in [0.3, 0.4) is 0 Å². The smallest absolute Gasteiger partial charge is 0.281 e. The van der Waals surface area contributed by atoms with E-state index in [9.17, 15) is 0 Å². The number of nitrogens with zero attached hydrogens (tertiary/aromatic N) is 1. The average molecular weight is 324 g/mol. The van der Waals surface area contributed by atoms with Crippen LogP contribution < -0.4 is 9.47 Å². The molecule has 2 unspecified atom stereocenters. The molecule has 117 valence electrons. The van der Waals surface area contributed by atoms with Crippen molar-refractivity contribution in [3.63, 3.8) is 0 Å². The van der Waals surface area contributed by atoms with Gasteiger partial charge in [0.25, 0.3) is 9.38 Å². The quantitative estimate of drug-likeness (QED) is 0.788. The van der Waals surface area contributed by atoms with Gasteiger partial charge in [0.05, 0.1) is 12.5 Å². The first-order valence-corrected chi connectivity index (χ1v) is 9.00. The zero-order valence-electron chi connectivity index (χ0n) is 13.3. The molecule has 2 bridgehead atoms. The van der Waals surface area contributed by atoms with Gasteiger partial charge in [0.1, 0.15) is 5.76 Å². The Kier molecular flexibility index (Phi) is 2.57. The van der Waals surface area contributed by atoms with Crippen LogP contribution in [0.5, 0.6) is 11.5 Å². The van der Waals surface area contributed by atoms with Gasteiger partial charge in [0.2, 0.25) is 0 Å². The largest absolute Gasteiger partial charge is 0.513 e. The summed E-state index contributed by atoms with van der Waals surface area (Å²) < 4.78 is 17.9. The molecular weight excluding hydrogens is 306 g/mol. The van der Waals surface area contributed by atoms with Crippen LogP contribution in [0, 0.1) is 0 Å². The van der Waals surface area contributed by atoms with E-state index in [1.165, 1.54) is 16.7 Å². The number of likely N-dealkylation sites (tertiary alicyclic amines) is 1. The molecule has 4 aliphatic rings. The van der Waals surface area contributed by atoms with Crippen LogP contribution in [0.1, 0.15) is 11.1 Å². The Morgan fingerprint density at radius 2 is 2.26 bits per heavy atom. The summed E-state index contributed by atoms with van der Waals surface area (Å²) in [5.41, 5.74) is 4.04. The molecule has 1 radical (unpaired) electrons. The monoisotopic (exact) mass is 324 g/mol. The van der Waals surface area contributed by atoms with Gasteiger partial charge in [-0.15, -0.1) is 0 Å². The van der Waals surface area contributed by atoms with Crippen LogP contribution in [0.25, 0.3) is 0 Å². The maximum absolute atomic E-state index is 6.45. The molecule has 0 N–H and O–H groups in total. The van der Waals surface area contributed by atoms with Crippen molar-refractivity contribution in [2.45, 2.75) is 24.0 Å². The molecule has 1 spiro atoms. The minimum Gasteiger partial charge on any atom is -0.513 e. The van der Waals surface area contributed by atoms with E-state index in [0.29, 0.717) is 6.04 Å². The Morgan fingerprint density at radius 3 is 3.04 bits per heavy atom. The molecule has 0 aromatic heterocycles. The predicted octanol–water partition coefficient (Wildman–Crippen LogP) is 1.46. The molecule has 1 saturated heterocycles. The summed E-state index contributed by atoms with van der Waals surface area (Å²) in [4.78, 5) is 2.45. The van der Waals surface area contributed by atoms with Gasteiger partial charge in [-0.05, 0) is 36.7 Å². The molecule has 1 aromatic rings. The van der Waals surface area contributed by atoms with Gasteiger partial charge >= 0.3 is 0 Å². The van der Waals surface area contributed by atoms with Crippen molar-refractivity contribution in [1.29, 1.82) is 0 Å². The number of hydrogen-bond acceptors (Lipinski definition) is 4. The van der Waals surface area contributed by atoms with Crippen molar-refractivity contribution in [2.24, 2.45) is 0 Å². The van der Waals surface area contributed by atoms with Gasteiger partial charge in [-0.25, -0.2) is 0 Å². The fraction of sp³-hybridized carbons (Fsp3) is 0.389. The summed E-state index contributed by atoms with van der Waals surface area (Å²) in [6.07, 6.45) is 9.11. The van der Waals surface area contributed by atoms with Crippen molar-refractivity contribution >= 4 is 15.6 Å². The van der Waals surface area contributed by atoms with Crippen LogP contribution >= 0.6 is 0 Å². The van der Waals surface area contributed by atoms with E-state index in [4.69, 9.17) is 13.9 Å². The van der Waals surface area contributed by atoms with Crippen LogP contribution in [0.2, 0.25) is 0 Å². The van der Waals surface area contributed by atoms with Crippen LogP contribution in [-0.4, -0.2) is 53.3 Å². The summed E-state index contributed by atoms with van der Waals surface area (Å²) in [6.45, 7) is 0.961. The second-order valence-corrected chi connectivity index (χ2v) is 7.17. The van der Waals surface area contributed by atoms with Gasteiger partial charge in [-0.2, -0.15) is 0 Å². The highest BCUT2D eigenvalue weighted by Crippen LogP contribution is 2.62. The predicted molar refractivity (Wildman–Crippen MR) is 89.3 cm³/mol. The van der Waals surface area contributed by atoms with Crippen LogP contribution in [0.4, 0.5) is 0 Å². The lowest BCUT2D eigenvalue weighted by Gasteiger charge is -2.38. The number of allylic oxidation sites excluding steroid dienone is 2. The Labute approximate surface area is 137 Å². The first-order valence-electron chi connectivity index (χ1n) is 7.89. The van der Waals surface area contributed by atoms with Crippen molar-refractivity contribution in [1.82, 2.24) is 4.90 Å². The molecule has 2 heterocycles. The molecule has 3 atom stereocenters. The molecule has 5 heteroatoms. The molecular formula is C18H18NO3Si. The van der Waals surface area contributed by atoms with E-state index < -0.39 is 0 Å². The van der Waals surface area contributed by atoms with Gasteiger partial charge < -0.3 is 13.9 Å². The number of ether oxygens (including phenoxy) is 2. The van der Waals surface area contributed by atoms with Gasteiger partial charge in [-0.1, -0.05) is 18.3 Å².